The Hall–Kier alpha value is -4.93. The molecule has 0 radical (unpaired) electrons. The lowest BCUT2D eigenvalue weighted by Crippen LogP contribution is -2.50. The SMILES string of the molecule is COc1ccc(NC(=O)N2CCN(c3ccc(NC(=O)c4ccc5c(c4)OCO5)cc3C(=O)N3CCCCC3)CC2)cc1. The highest BCUT2D eigenvalue weighted by Crippen LogP contribution is 2.33. The van der Waals surface area contributed by atoms with Gasteiger partial charge in [0.2, 0.25) is 6.79 Å². The summed E-state index contributed by atoms with van der Waals surface area (Å²) in [4.78, 5) is 45.6. The first-order valence-electron chi connectivity index (χ1n) is 14.6. The fourth-order valence-corrected chi connectivity index (χ4v) is 5.60. The summed E-state index contributed by atoms with van der Waals surface area (Å²) in [6, 6.07) is 17.5. The lowest BCUT2D eigenvalue weighted by molar-refractivity contribution is 0.0724. The quantitative estimate of drug-likeness (QED) is 0.433. The van der Waals surface area contributed by atoms with E-state index < -0.39 is 0 Å². The van der Waals surface area contributed by atoms with Crippen LogP contribution in [0.15, 0.2) is 60.7 Å². The number of ether oxygens (including phenoxy) is 3. The van der Waals surface area contributed by atoms with E-state index in [-0.39, 0.29) is 24.6 Å². The van der Waals surface area contributed by atoms with Crippen LogP contribution in [0.4, 0.5) is 21.9 Å². The van der Waals surface area contributed by atoms with Crippen LogP contribution in [0.2, 0.25) is 0 Å². The second kappa shape index (κ2) is 12.5. The van der Waals surface area contributed by atoms with Crippen molar-refractivity contribution in [2.45, 2.75) is 19.3 Å². The molecule has 6 rings (SSSR count). The molecule has 11 heteroatoms. The van der Waals surface area contributed by atoms with Crippen molar-refractivity contribution in [2.24, 2.45) is 0 Å². The van der Waals surface area contributed by atoms with E-state index >= 15 is 0 Å². The third kappa shape index (κ3) is 6.30. The van der Waals surface area contributed by atoms with Crippen LogP contribution < -0.4 is 29.7 Å². The Labute approximate surface area is 250 Å². The zero-order chi connectivity index (χ0) is 29.8. The van der Waals surface area contributed by atoms with Crippen molar-refractivity contribution >= 4 is 34.9 Å². The summed E-state index contributed by atoms with van der Waals surface area (Å²) in [5.74, 6) is 1.50. The van der Waals surface area contributed by atoms with Gasteiger partial charge in [0.25, 0.3) is 11.8 Å². The largest absolute Gasteiger partial charge is 0.497 e. The second-order valence-corrected chi connectivity index (χ2v) is 10.7. The van der Waals surface area contributed by atoms with Crippen molar-refractivity contribution in [3.63, 3.8) is 0 Å². The van der Waals surface area contributed by atoms with Crippen molar-refractivity contribution < 1.29 is 28.6 Å². The first-order chi connectivity index (χ1) is 21.0. The van der Waals surface area contributed by atoms with E-state index in [2.05, 4.69) is 15.5 Å². The monoisotopic (exact) mass is 585 g/mol. The molecule has 2 saturated heterocycles. The van der Waals surface area contributed by atoms with E-state index in [1.807, 2.05) is 17.0 Å². The Kier molecular flexibility index (Phi) is 8.21. The molecule has 0 saturated carbocycles. The standard InChI is InChI=1S/C32H35N5O6/c1-41-25-9-6-23(7-10-25)34-32(40)37-17-15-35(16-18-37)27-11-8-24(20-26(27)31(39)36-13-3-2-4-14-36)33-30(38)22-5-12-28-29(19-22)43-21-42-28/h5-12,19-20H,2-4,13-18,21H2,1H3,(H,33,38)(H,34,40). The summed E-state index contributed by atoms with van der Waals surface area (Å²) < 4.78 is 15.9. The number of piperidine rings is 1. The van der Waals surface area contributed by atoms with E-state index in [0.29, 0.717) is 73.3 Å². The average molecular weight is 586 g/mol. The van der Waals surface area contributed by atoms with Crippen LogP contribution in [-0.2, 0) is 0 Å². The van der Waals surface area contributed by atoms with Gasteiger partial charge >= 0.3 is 6.03 Å². The lowest BCUT2D eigenvalue weighted by Gasteiger charge is -2.37. The van der Waals surface area contributed by atoms with Gasteiger partial charge < -0.3 is 39.5 Å². The van der Waals surface area contributed by atoms with Gasteiger partial charge in [-0.2, -0.15) is 0 Å². The van der Waals surface area contributed by atoms with Crippen LogP contribution in [0.25, 0.3) is 0 Å². The summed E-state index contributed by atoms with van der Waals surface area (Å²) in [6.07, 6.45) is 3.07. The molecule has 2 fully saturated rings. The minimum Gasteiger partial charge on any atom is -0.497 e. The smallest absolute Gasteiger partial charge is 0.321 e. The van der Waals surface area contributed by atoms with Crippen molar-refractivity contribution in [1.29, 1.82) is 0 Å². The highest BCUT2D eigenvalue weighted by Gasteiger charge is 2.27. The molecule has 0 unspecified atom stereocenters. The number of carbonyl (C=O) groups excluding carboxylic acids is 3. The number of hydrogen-bond donors (Lipinski definition) is 2. The first-order valence-corrected chi connectivity index (χ1v) is 14.6. The maximum absolute atomic E-state index is 13.8. The summed E-state index contributed by atoms with van der Waals surface area (Å²) >= 11 is 0. The van der Waals surface area contributed by atoms with E-state index in [1.54, 1.807) is 60.5 Å². The molecular weight excluding hydrogens is 550 g/mol. The Morgan fingerprint density at radius 3 is 2.19 bits per heavy atom. The van der Waals surface area contributed by atoms with E-state index in [9.17, 15) is 14.4 Å². The average Bonchev–Trinajstić information content (AvgIpc) is 3.53. The van der Waals surface area contributed by atoms with Crippen LogP contribution >= 0.6 is 0 Å². The van der Waals surface area contributed by atoms with Crippen LogP contribution in [0, 0.1) is 0 Å². The van der Waals surface area contributed by atoms with Gasteiger partial charge in [0.05, 0.1) is 12.7 Å². The number of likely N-dealkylation sites (tertiary alicyclic amines) is 1. The zero-order valence-corrected chi connectivity index (χ0v) is 24.1. The predicted octanol–water partition coefficient (Wildman–Crippen LogP) is 4.66. The fraction of sp³-hybridized carbons (Fsp3) is 0.344. The van der Waals surface area contributed by atoms with E-state index in [0.717, 1.165) is 30.7 Å². The molecule has 0 atom stereocenters. The molecule has 4 amide bonds. The minimum absolute atomic E-state index is 0.0476. The summed E-state index contributed by atoms with van der Waals surface area (Å²) in [6.45, 7) is 3.70. The Morgan fingerprint density at radius 2 is 1.44 bits per heavy atom. The van der Waals surface area contributed by atoms with Gasteiger partial charge in [-0.25, -0.2) is 4.79 Å². The number of urea groups is 1. The molecule has 0 spiro atoms. The molecule has 0 aliphatic carbocycles. The molecule has 3 heterocycles. The summed E-state index contributed by atoms with van der Waals surface area (Å²) in [5.41, 5.74) is 3.00. The van der Waals surface area contributed by atoms with Gasteiger partial charge in [0.1, 0.15) is 5.75 Å². The fourth-order valence-electron chi connectivity index (χ4n) is 5.60. The van der Waals surface area contributed by atoms with E-state index in [4.69, 9.17) is 14.2 Å². The molecule has 0 aromatic heterocycles. The number of fused-ring (bicyclic) bond motifs is 1. The Bertz CT molecular complexity index is 1500. The second-order valence-electron chi connectivity index (χ2n) is 10.7. The van der Waals surface area contributed by atoms with Gasteiger partial charge in [-0.1, -0.05) is 0 Å². The summed E-state index contributed by atoms with van der Waals surface area (Å²) in [7, 11) is 1.60. The number of rotatable bonds is 6. The Morgan fingerprint density at radius 1 is 0.721 bits per heavy atom. The number of methoxy groups -OCH3 is 1. The van der Waals surface area contributed by atoms with Gasteiger partial charge in [-0.05, 0) is 79.9 Å². The number of carbonyl (C=O) groups is 3. The van der Waals surface area contributed by atoms with Crippen LogP contribution in [0.5, 0.6) is 17.2 Å². The highest BCUT2D eigenvalue weighted by molar-refractivity contribution is 6.06. The van der Waals surface area contributed by atoms with Gasteiger partial charge in [0.15, 0.2) is 11.5 Å². The highest BCUT2D eigenvalue weighted by atomic mass is 16.7. The minimum atomic E-state index is -0.307. The molecular formula is C32H35N5O6. The lowest BCUT2D eigenvalue weighted by atomic mass is 10.1. The maximum Gasteiger partial charge on any atom is 0.321 e. The van der Waals surface area contributed by atoms with E-state index in [1.165, 1.54) is 0 Å². The normalized spacial score (nSPS) is 16.1. The van der Waals surface area contributed by atoms with Gasteiger partial charge in [-0.3, -0.25) is 9.59 Å². The number of anilines is 3. The Balaban J connectivity index is 1.16. The predicted molar refractivity (Wildman–Crippen MR) is 163 cm³/mol. The zero-order valence-electron chi connectivity index (χ0n) is 24.1. The van der Waals surface area contributed by atoms with Gasteiger partial charge in [-0.15, -0.1) is 0 Å². The van der Waals surface area contributed by atoms with Crippen molar-refractivity contribution in [1.82, 2.24) is 9.80 Å². The molecule has 3 aromatic carbocycles. The maximum atomic E-state index is 13.8. The van der Waals surface area contributed by atoms with Gasteiger partial charge in [0, 0.05) is 61.9 Å². The number of benzene rings is 3. The molecule has 3 aromatic rings. The molecule has 11 nitrogen and oxygen atoms in total. The number of nitrogens with one attached hydrogen (secondary N) is 2. The number of hydrogen-bond acceptors (Lipinski definition) is 7. The third-order valence-corrected chi connectivity index (χ3v) is 8.01. The molecule has 43 heavy (non-hydrogen) atoms. The van der Waals surface area contributed by atoms with Crippen LogP contribution in [-0.4, -0.2) is 80.8 Å². The molecule has 3 aliphatic rings. The number of piperazine rings is 1. The first kappa shape index (κ1) is 28.2. The van der Waals surface area contributed by atoms with Crippen molar-refractivity contribution in [3.05, 3.63) is 71.8 Å². The van der Waals surface area contributed by atoms with Crippen LogP contribution in [0.1, 0.15) is 40.0 Å². The molecule has 2 N–H and O–H groups in total. The number of nitrogens with zero attached hydrogens (tertiary/aromatic N) is 3. The topological polar surface area (TPSA) is 113 Å². The van der Waals surface area contributed by atoms with Crippen molar-refractivity contribution in [3.8, 4) is 17.2 Å². The van der Waals surface area contributed by atoms with Crippen molar-refractivity contribution in [2.75, 3.05) is 68.7 Å². The summed E-state index contributed by atoms with van der Waals surface area (Å²) in [5, 5.41) is 5.88. The third-order valence-electron chi connectivity index (χ3n) is 8.01. The number of amides is 4. The molecule has 3 aliphatic heterocycles. The molecule has 0 bridgehead atoms. The molecule has 224 valence electrons. The van der Waals surface area contributed by atoms with Crippen LogP contribution in [0.3, 0.4) is 0 Å².